The minimum Gasteiger partial charge on any atom is -0.462 e. The Hall–Kier alpha value is -1.38. The number of ether oxygens (including phenoxy) is 1. The van der Waals surface area contributed by atoms with Crippen molar-refractivity contribution in [3.8, 4) is 0 Å². The van der Waals surface area contributed by atoms with E-state index in [9.17, 15) is 4.79 Å². The molecule has 1 rings (SSSR count). The molecule has 0 spiro atoms. The number of pyridine rings is 1. The number of hydrogen-bond acceptors (Lipinski definition) is 3. The Morgan fingerprint density at radius 3 is 2.69 bits per heavy atom. The van der Waals surface area contributed by atoms with E-state index < -0.39 is 0 Å². The van der Waals surface area contributed by atoms with Crippen molar-refractivity contribution in [2.45, 2.75) is 20.8 Å². The molecule has 3 heteroatoms. The zero-order valence-electron chi connectivity index (χ0n) is 8.13. The summed E-state index contributed by atoms with van der Waals surface area (Å²) in [7, 11) is 0. The Balaban J connectivity index is 2.95. The molecular weight excluding hydrogens is 166 g/mol. The van der Waals surface area contributed by atoms with E-state index in [1.807, 2.05) is 6.92 Å². The molecule has 0 amide bonds. The van der Waals surface area contributed by atoms with E-state index in [4.69, 9.17) is 4.74 Å². The highest BCUT2D eigenvalue weighted by atomic mass is 16.5. The van der Waals surface area contributed by atoms with E-state index in [1.54, 1.807) is 26.0 Å². The fourth-order valence-electron chi connectivity index (χ4n) is 1.11. The Labute approximate surface area is 77.8 Å². The van der Waals surface area contributed by atoms with Gasteiger partial charge in [0.05, 0.1) is 17.9 Å². The molecule has 0 aliphatic heterocycles. The number of hydrogen-bond donors (Lipinski definition) is 0. The van der Waals surface area contributed by atoms with Gasteiger partial charge in [-0.3, -0.25) is 4.98 Å². The highest BCUT2D eigenvalue weighted by Gasteiger charge is 2.09. The number of carbonyl (C=O) groups is 1. The van der Waals surface area contributed by atoms with Crippen molar-refractivity contribution in [2.75, 3.05) is 6.61 Å². The molecule has 1 heterocycles. The number of aryl methyl sites for hydroxylation is 2. The molecule has 0 saturated carbocycles. The van der Waals surface area contributed by atoms with Crippen LogP contribution in [0.25, 0.3) is 0 Å². The average Bonchev–Trinajstić information content (AvgIpc) is 2.04. The van der Waals surface area contributed by atoms with Gasteiger partial charge in [0.15, 0.2) is 0 Å². The fourth-order valence-corrected chi connectivity index (χ4v) is 1.11. The minimum atomic E-state index is -0.299. The lowest BCUT2D eigenvalue weighted by Crippen LogP contribution is -2.07. The molecule has 70 valence electrons. The van der Waals surface area contributed by atoms with Gasteiger partial charge in [0.25, 0.3) is 0 Å². The van der Waals surface area contributed by atoms with E-state index in [2.05, 4.69) is 4.98 Å². The monoisotopic (exact) mass is 179 g/mol. The number of esters is 1. The molecule has 0 unspecified atom stereocenters. The molecule has 0 aliphatic rings. The largest absolute Gasteiger partial charge is 0.462 e. The summed E-state index contributed by atoms with van der Waals surface area (Å²) in [5, 5.41) is 0. The quantitative estimate of drug-likeness (QED) is 0.650. The maximum absolute atomic E-state index is 11.3. The van der Waals surface area contributed by atoms with Crippen molar-refractivity contribution in [2.24, 2.45) is 0 Å². The van der Waals surface area contributed by atoms with Gasteiger partial charge < -0.3 is 4.74 Å². The van der Waals surface area contributed by atoms with E-state index in [-0.39, 0.29) is 5.97 Å². The third-order valence-corrected chi connectivity index (χ3v) is 1.72. The maximum atomic E-state index is 11.3. The van der Waals surface area contributed by atoms with Gasteiger partial charge in [0.2, 0.25) is 0 Å². The van der Waals surface area contributed by atoms with E-state index in [1.165, 1.54) is 0 Å². The van der Waals surface area contributed by atoms with Crippen molar-refractivity contribution in [1.82, 2.24) is 4.98 Å². The zero-order valence-corrected chi connectivity index (χ0v) is 8.13. The summed E-state index contributed by atoms with van der Waals surface area (Å²) in [6.45, 7) is 5.88. The van der Waals surface area contributed by atoms with Crippen LogP contribution >= 0.6 is 0 Å². The number of rotatable bonds is 2. The van der Waals surface area contributed by atoms with Crippen LogP contribution < -0.4 is 0 Å². The van der Waals surface area contributed by atoms with Crippen molar-refractivity contribution in [1.29, 1.82) is 0 Å². The van der Waals surface area contributed by atoms with Crippen molar-refractivity contribution in [3.05, 3.63) is 29.1 Å². The molecule has 0 N–H and O–H groups in total. The molecule has 1 aromatic rings. The van der Waals surface area contributed by atoms with Gasteiger partial charge in [0, 0.05) is 5.69 Å². The molecule has 13 heavy (non-hydrogen) atoms. The van der Waals surface area contributed by atoms with Gasteiger partial charge in [-0.15, -0.1) is 0 Å². The van der Waals surface area contributed by atoms with Crippen LogP contribution in [0.4, 0.5) is 0 Å². The molecule has 0 fully saturated rings. The van der Waals surface area contributed by atoms with Gasteiger partial charge in [0.1, 0.15) is 0 Å². The molecule has 0 atom stereocenters. The first-order valence-electron chi connectivity index (χ1n) is 4.26. The lowest BCUT2D eigenvalue weighted by Gasteiger charge is -2.04. The van der Waals surface area contributed by atoms with Gasteiger partial charge in [-0.2, -0.15) is 0 Å². The first kappa shape index (κ1) is 9.71. The molecule has 0 saturated heterocycles. The topological polar surface area (TPSA) is 39.2 Å². The van der Waals surface area contributed by atoms with E-state index >= 15 is 0 Å². The molecule has 1 aromatic heterocycles. The Kier molecular flexibility index (Phi) is 3.01. The van der Waals surface area contributed by atoms with Crippen LogP contribution in [0.3, 0.4) is 0 Å². The molecule has 0 radical (unpaired) electrons. The number of aromatic nitrogens is 1. The van der Waals surface area contributed by atoms with Crippen LogP contribution in [-0.4, -0.2) is 17.6 Å². The van der Waals surface area contributed by atoms with Gasteiger partial charge in [-0.1, -0.05) is 0 Å². The van der Waals surface area contributed by atoms with Crippen LogP contribution in [0, 0.1) is 13.8 Å². The highest BCUT2D eigenvalue weighted by Crippen LogP contribution is 2.07. The normalized spacial score (nSPS) is 9.77. The maximum Gasteiger partial charge on any atom is 0.339 e. The Morgan fingerprint density at radius 2 is 2.15 bits per heavy atom. The summed E-state index contributed by atoms with van der Waals surface area (Å²) >= 11 is 0. The van der Waals surface area contributed by atoms with Crippen molar-refractivity contribution < 1.29 is 9.53 Å². The lowest BCUT2D eigenvalue weighted by molar-refractivity contribution is 0.0525. The zero-order chi connectivity index (χ0) is 9.84. The van der Waals surface area contributed by atoms with Crippen LogP contribution in [0.1, 0.15) is 28.7 Å². The standard InChI is InChI=1S/C10H13NO2/c1-4-13-10(12)9-6-5-7(2)11-8(9)3/h5-6H,4H2,1-3H3. The summed E-state index contributed by atoms with van der Waals surface area (Å²) < 4.78 is 4.87. The summed E-state index contributed by atoms with van der Waals surface area (Å²) in [5.41, 5.74) is 2.18. The minimum absolute atomic E-state index is 0.299. The average molecular weight is 179 g/mol. The third-order valence-electron chi connectivity index (χ3n) is 1.72. The summed E-state index contributed by atoms with van der Waals surface area (Å²) in [6, 6.07) is 3.55. The van der Waals surface area contributed by atoms with Crippen LogP contribution in [0.2, 0.25) is 0 Å². The predicted octanol–water partition coefficient (Wildman–Crippen LogP) is 1.88. The summed E-state index contributed by atoms with van der Waals surface area (Å²) in [5.74, 6) is -0.299. The molecular formula is C10H13NO2. The van der Waals surface area contributed by atoms with Crippen LogP contribution in [0.5, 0.6) is 0 Å². The van der Waals surface area contributed by atoms with Crippen molar-refractivity contribution in [3.63, 3.8) is 0 Å². The molecule has 0 bridgehead atoms. The fraction of sp³-hybridized carbons (Fsp3) is 0.400. The van der Waals surface area contributed by atoms with Crippen molar-refractivity contribution >= 4 is 5.97 Å². The SMILES string of the molecule is CCOC(=O)c1ccc(C)nc1C. The highest BCUT2D eigenvalue weighted by molar-refractivity contribution is 5.90. The Morgan fingerprint density at radius 1 is 1.46 bits per heavy atom. The summed E-state index contributed by atoms with van der Waals surface area (Å²) in [6.07, 6.45) is 0. The Bertz CT molecular complexity index is 321. The van der Waals surface area contributed by atoms with Gasteiger partial charge in [-0.05, 0) is 32.9 Å². The predicted molar refractivity (Wildman–Crippen MR) is 49.7 cm³/mol. The van der Waals surface area contributed by atoms with Crippen LogP contribution in [0.15, 0.2) is 12.1 Å². The molecule has 0 aromatic carbocycles. The second-order valence-electron chi connectivity index (χ2n) is 2.81. The third kappa shape index (κ3) is 2.28. The summed E-state index contributed by atoms with van der Waals surface area (Å²) in [4.78, 5) is 15.5. The van der Waals surface area contributed by atoms with Gasteiger partial charge >= 0.3 is 5.97 Å². The van der Waals surface area contributed by atoms with Crippen LogP contribution in [-0.2, 0) is 4.74 Å². The second-order valence-corrected chi connectivity index (χ2v) is 2.81. The lowest BCUT2D eigenvalue weighted by atomic mass is 10.2. The number of nitrogens with zero attached hydrogens (tertiary/aromatic N) is 1. The second kappa shape index (κ2) is 4.03. The molecule has 0 aliphatic carbocycles. The van der Waals surface area contributed by atoms with E-state index in [0.717, 1.165) is 11.4 Å². The van der Waals surface area contributed by atoms with E-state index in [0.29, 0.717) is 12.2 Å². The first-order chi connectivity index (χ1) is 6.15. The smallest absolute Gasteiger partial charge is 0.339 e. The van der Waals surface area contributed by atoms with Gasteiger partial charge in [-0.25, -0.2) is 4.79 Å². The number of carbonyl (C=O) groups excluding carboxylic acids is 1. The molecule has 3 nitrogen and oxygen atoms in total. The first-order valence-corrected chi connectivity index (χ1v) is 4.26.